The van der Waals surface area contributed by atoms with E-state index in [1.165, 1.54) is 12.1 Å². The van der Waals surface area contributed by atoms with Gasteiger partial charge in [0.2, 0.25) is 11.6 Å². The smallest absolute Gasteiger partial charge is 0.305 e. The van der Waals surface area contributed by atoms with Crippen LogP contribution in [0.5, 0.6) is 5.88 Å². The Hall–Kier alpha value is -2.20. The van der Waals surface area contributed by atoms with Crippen molar-refractivity contribution in [3.63, 3.8) is 0 Å². The second-order valence-corrected chi connectivity index (χ2v) is 4.88. The van der Waals surface area contributed by atoms with Crippen molar-refractivity contribution in [2.24, 2.45) is 17.6 Å². The van der Waals surface area contributed by atoms with E-state index in [4.69, 9.17) is 15.7 Å². The highest BCUT2D eigenvalue weighted by molar-refractivity contribution is 5.45. The van der Waals surface area contributed by atoms with Crippen LogP contribution < -0.4 is 10.5 Å². The van der Waals surface area contributed by atoms with Gasteiger partial charge in [0.25, 0.3) is 0 Å². The molecule has 7 heteroatoms. The zero-order chi connectivity index (χ0) is 14.5. The third-order valence-corrected chi connectivity index (χ3v) is 3.72. The summed E-state index contributed by atoms with van der Waals surface area (Å²) in [5, 5.41) is 19.6. The summed E-state index contributed by atoms with van der Waals surface area (Å²) >= 11 is 0. The Balaban J connectivity index is 2.03. The molecule has 2 unspecified atom stereocenters. The van der Waals surface area contributed by atoms with Crippen LogP contribution in [0.25, 0.3) is 0 Å². The van der Waals surface area contributed by atoms with Crippen molar-refractivity contribution in [2.45, 2.75) is 19.3 Å². The topological polar surface area (TPSA) is 115 Å². The number of pyridine rings is 1. The number of hydrogen-bond donors (Lipinski definition) is 1. The van der Waals surface area contributed by atoms with E-state index in [0.29, 0.717) is 25.0 Å². The molecular weight excluding hydrogens is 260 g/mol. The standard InChI is InChI=1S/C13H16N4O3/c14-6-9-2-1-3-10(9)8-20-13-5-4-12(17(18)19)11(7-15)16-13/h4-5,9-10H,1-3,6,8,14H2. The van der Waals surface area contributed by atoms with E-state index >= 15 is 0 Å². The molecule has 1 aromatic rings. The van der Waals surface area contributed by atoms with Crippen LogP contribution in [-0.4, -0.2) is 23.1 Å². The molecular formula is C13H16N4O3. The molecule has 20 heavy (non-hydrogen) atoms. The van der Waals surface area contributed by atoms with Gasteiger partial charge in [-0.2, -0.15) is 10.2 Å². The maximum atomic E-state index is 10.7. The van der Waals surface area contributed by atoms with Crippen molar-refractivity contribution in [1.29, 1.82) is 5.26 Å². The van der Waals surface area contributed by atoms with E-state index in [1.54, 1.807) is 6.07 Å². The SMILES string of the molecule is N#Cc1nc(OCC2CCCC2CN)ccc1[N+](=O)[O-]. The van der Waals surface area contributed by atoms with Crippen LogP contribution in [0.1, 0.15) is 25.0 Å². The van der Waals surface area contributed by atoms with Crippen molar-refractivity contribution in [3.05, 3.63) is 27.9 Å². The van der Waals surface area contributed by atoms with Gasteiger partial charge < -0.3 is 10.5 Å². The average Bonchev–Trinajstić information content (AvgIpc) is 2.92. The molecule has 1 aliphatic carbocycles. The van der Waals surface area contributed by atoms with Gasteiger partial charge >= 0.3 is 5.69 Å². The highest BCUT2D eigenvalue weighted by Crippen LogP contribution is 2.31. The van der Waals surface area contributed by atoms with E-state index in [9.17, 15) is 10.1 Å². The summed E-state index contributed by atoms with van der Waals surface area (Å²) in [7, 11) is 0. The first-order chi connectivity index (χ1) is 9.65. The molecule has 7 nitrogen and oxygen atoms in total. The quantitative estimate of drug-likeness (QED) is 0.645. The molecule has 0 amide bonds. The molecule has 0 radical (unpaired) electrons. The van der Waals surface area contributed by atoms with E-state index < -0.39 is 4.92 Å². The monoisotopic (exact) mass is 276 g/mol. The molecule has 0 saturated heterocycles. The Morgan fingerprint density at radius 2 is 2.25 bits per heavy atom. The zero-order valence-electron chi connectivity index (χ0n) is 11.0. The molecule has 1 aliphatic rings. The van der Waals surface area contributed by atoms with Crippen LogP contribution >= 0.6 is 0 Å². The summed E-state index contributed by atoms with van der Waals surface area (Å²) in [4.78, 5) is 13.9. The maximum absolute atomic E-state index is 10.7. The Morgan fingerprint density at radius 3 is 2.90 bits per heavy atom. The number of nitro groups is 1. The van der Waals surface area contributed by atoms with Gasteiger partial charge in [0.15, 0.2) is 0 Å². The lowest BCUT2D eigenvalue weighted by Gasteiger charge is -2.17. The first kappa shape index (κ1) is 14.2. The summed E-state index contributed by atoms with van der Waals surface area (Å²) < 4.78 is 5.56. The molecule has 0 bridgehead atoms. The van der Waals surface area contributed by atoms with Gasteiger partial charge in [0.1, 0.15) is 6.07 Å². The molecule has 2 rings (SSSR count). The van der Waals surface area contributed by atoms with Gasteiger partial charge in [-0.25, -0.2) is 0 Å². The third kappa shape index (κ3) is 3.03. The fraction of sp³-hybridized carbons (Fsp3) is 0.538. The summed E-state index contributed by atoms with van der Waals surface area (Å²) in [5.74, 6) is 1.10. The minimum absolute atomic E-state index is 0.228. The lowest BCUT2D eigenvalue weighted by atomic mass is 9.97. The van der Waals surface area contributed by atoms with Crippen molar-refractivity contribution < 1.29 is 9.66 Å². The maximum Gasteiger partial charge on any atom is 0.305 e. The number of nitrogens with two attached hydrogens (primary N) is 1. The number of ether oxygens (including phenoxy) is 1. The number of aromatic nitrogens is 1. The molecule has 0 spiro atoms. The van der Waals surface area contributed by atoms with Gasteiger partial charge in [-0.1, -0.05) is 6.42 Å². The summed E-state index contributed by atoms with van der Waals surface area (Å²) in [5.41, 5.74) is 5.17. The summed E-state index contributed by atoms with van der Waals surface area (Å²) in [6.07, 6.45) is 3.33. The first-order valence-corrected chi connectivity index (χ1v) is 6.54. The van der Waals surface area contributed by atoms with Crippen LogP contribution in [-0.2, 0) is 0 Å². The van der Waals surface area contributed by atoms with Gasteiger partial charge in [0.05, 0.1) is 11.5 Å². The van der Waals surface area contributed by atoms with Crippen molar-refractivity contribution in [3.8, 4) is 11.9 Å². The molecule has 1 fully saturated rings. The second-order valence-electron chi connectivity index (χ2n) is 4.88. The predicted octanol–water partition coefficient (Wildman–Crippen LogP) is 1.62. The summed E-state index contributed by atoms with van der Waals surface area (Å²) in [6, 6.07) is 4.38. The zero-order valence-corrected chi connectivity index (χ0v) is 11.0. The lowest BCUT2D eigenvalue weighted by Crippen LogP contribution is -2.23. The summed E-state index contributed by atoms with van der Waals surface area (Å²) in [6.45, 7) is 1.13. The Labute approximate surface area is 116 Å². The average molecular weight is 276 g/mol. The molecule has 0 aromatic carbocycles. The molecule has 1 heterocycles. The van der Waals surface area contributed by atoms with Gasteiger partial charge in [-0.3, -0.25) is 10.1 Å². The molecule has 1 saturated carbocycles. The van der Waals surface area contributed by atoms with E-state index in [-0.39, 0.29) is 17.3 Å². The lowest BCUT2D eigenvalue weighted by molar-refractivity contribution is -0.385. The van der Waals surface area contributed by atoms with Crippen molar-refractivity contribution in [1.82, 2.24) is 4.98 Å². The number of rotatable bonds is 5. The Kier molecular flexibility index (Phi) is 4.48. The highest BCUT2D eigenvalue weighted by Gasteiger charge is 2.27. The van der Waals surface area contributed by atoms with Crippen LogP contribution in [0.2, 0.25) is 0 Å². The molecule has 2 N–H and O–H groups in total. The van der Waals surface area contributed by atoms with Gasteiger partial charge in [-0.05, 0) is 31.2 Å². The van der Waals surface area contributed by atoms with Crippen LogP contribution in [0.4, 0.5) is 5.69 Å². The number of hydrogen-bond acceptors (Lipinski definition) is 6. The Morgan fingerprint density at radius 1 is 1.50 bits per heavy atom. The Bertz CT molecular complexity index is 541. The molecule has 1 aromatic heterocycles. The fourth-order valence-electron chi connectivity index (χ4n) is 2.58. The van der Waals surface area contributed by atoms with Crippen LogP contribution in [0.15, 0.2) is 12.1 Å². The fourth-order valence-corrected chi connectivity index (χ4v) is 2.58. The molecule has 0 aliphatic heterocycles. The van der Waals surface area contributed by atoms with Crippen molar-refractivity contribution >= 4 is 5.69 Å². The highest BCUT2D eigenvalue weighted by atomic mass is 16.6. The van der Waals surface area contributed by atoms with Crippen LogP contribution in [0, 0.1) is 33.3 Å². The normalized spacial score (nSPS) is 21.4. The van der Waals surface area contributed by atoms with E-state index in [0.717, 1.165) is 19.3 Å². The molecule has 106 valence electrons. The van der Waals surface area contributed by atoms with Crippen LogP contribution in [0.3, 0.4) is 0 Å². The molecule has 2 atom stereocenters. The van der Waals surface area contributed by atoms with E-state index in [1.807, 2.05) is 0 Å². The van der Waals surface area contributed by atoms with Gasteiger partial charge in [-0.15, -0.1) is 0 Å². The third-order valence-electron chi connectivity index (χ3n) is 3.72. The second kappa shape index (κ2) is 6.30. The predicted molar refractivity (Wildman–Crippen MR) is 71.0 cm³/mol. The number of nitriles is 1. The minimum Gasteiger partial charge on any atom is -0.477 e. The minimum atomic E-state index is -0.628. The number of nitrogens with zero attached hydrogens (tertiary/aromatic N) is 3. The largest absolute Gasteiger partial charge is 0.477 e. The first-order valence-electron chi connectivity index (χ1n) is 6.54. The van der Waals surface area contributed by atoms with Gasteiger partial charge in [0, 0.05) is 12.1 Å². The van der Waals surface area contributed by atoms with E-state index in [2.05, 4.69) is 4.98 Å². The van der Waals surface area contributed by atoms with Crippen molar-refractivity contribution in [2.75, 3.05) is 13.2 Å².